The molecule has 0 aromatic rings. The van der Waals surface area contributed by atoms with E-state index in [1.54, 1.807) is 0 Å². The Morgan fingerprint density at radius 2 is 0.725 bits per heavy atom. The molecule has 0 fully saturated rings. The second kappa shape index (κ2) is 55.8. The number of allylic oxidation sites excluding steroid dienone is 4. The van der Waals surface area contributed by atoms with Crippen molar-refractivity contribution in [1.82, 2.24) is 0 Å². The van der Waals surface area contributed by atoms with Crippen LogP contribution in [0.3, 0.4) is 0 Å². The molecule has 0 bridgehead atoms. The summed E-state index contributed by atoms with van der Waals surface area (Å²) in [4.78, 5) is 35.0. The summed E-state index contributed by atoms with van der Waals surface area (Å²) < 4.78 is 32.9. The van der Waals surface area contributed by atoms with Gasteiger partial charge in [0.25, 0.3) is 0 Å². The molecule has 0 aromatic carbocycles. The van der Waals surface area contributed by atoms with Gasteiger partial charge in [-0.15, -0.1) is 0 Å². The minimum atomic E-state index is -4.38. The van der Waals surface area contributed by atoms with Crippen LogP contribution < -0.4 is 5.73 Å². The number of carbonyl (C=O) groups excluding carboxylic acids is 2. The van der Waals surface area contributed by atoms with Crippen LogP contribution in [-0.4, -0.2) is 49.3 Å². The number of hydrogen-bond donors (Lipinski definition) is 2. The van der Waals surface area contributed by atoms with E-state index in [2.05, 4.69) is 38.2 Å². The fourth-order valence-electron chi connectivity index (χ4n) is 8.85. The molecule has 10 heteroatoms. The molecule has 2 atom stereocenters. The minimum absolute atomic E-state index is 0.0547. The summed E-state index contributed by atoms with van der Waals surface area (Å²) in [6.07, 6.45) is 65.7. The van der Waals surface area contributed by atoms with Crippen LogP contribution in [0.5, 0.6) is 0 Å². The molecule has 0 radical (unpaired) electrons. The van der Waals surface area contributed by atoms with Gasteiger partial charge in [-0.05, 0) is 57.8 Å². The summed E-state index contributed by atoms with van der Waals surface area (Å²) in [7, 11) is -4.38. The molecular formula is C59H114NO8P. The van der Waals surface area contributed by atoms with Crippen molar-refractivity contribution >= 4 is 19.8 Å². The molecule has 69 heavy (non-hydrogen) atoms. The molecule has 0 saturated carbocycles. The SMILES string of the molecule is CCCC/C=C\CCCCCCCC(=O)OCC(COP(=O)(O)OCCN)OC(=O)CCCCCCCCCCCCCCCCCCCCCCCCCCC/C=C\CCCCCCCCCC. The van der Waals surface area contributed by atoms with Crippen molar-refractivity contribution in [1.29, 1.82) is 0 Å². The lowest BCUT2D eigenvalue weighted by molar-refractivity contribution is -0.161. The van der Waals surface area contributed by atoms with Crippen molar-refractivity contribution < 1.29 is 37.6 Å². The van der Waals surface area contributed by atoms with E-state index in [0.29, 0.717) is 6.42 Å². The molecule has 0 spiro atoms. The predicted octanol–water partition coefficient (Wildman–Crippen LogP) is 18.6. The van der Waals surface area contributed by atoms with E-state index in [1.165, 1.54) is 218 Å². The van der Waals surface area contributed by atoms with E-state index in [0.717, 1.165) is 57.8 Å². The molecule has 0 aliphatic heterocycles. The predicted molar refractivity (Wildman–Crippen MR) is 294 cm³/mol. The third kappa shape index (κ3) is 55.7. The van der Waals surface area contributed by atoms with Crippen molar-refractivity contribution in [3.63, 3.8) is 0 Å². The lowest BCUT2D eigenvalue weighted by atomic mass is 10.0. The van der Waals surface area contributed by atoms with Crippen LogP contribution in [0.4, 0.5) is 0 Å². The van der Waals surface area contributed by atoms with Crippen LogP contribution >= 0.6 is 7.82 Å². The fourth-order valence-corrected chi connectivity index (χ4v) is 9.62. The maximum atomic E-state index is 12.7. The number of phosphoric ester groups is 1. The molecule has 0 heterocycles. The number of phosphoric acid groups is 1. The first-order valence-corrected chi connectivity index (χ1v) is 31.3. The molecule has 0 saturated heterocycles. The third-order valence-electron chi connectivity index (χ3n) is 13.3. The highest BCUT2D eigenvalue weighted by Gasteiger charge is 2.26. The quantitative estimate of drug-likeness (QED) is 0.0264. The Kier molecular flexibility index (Phi) is 54.6. The average molecular weight is 997 g/mol. The maximum absolute atomic E-state index is 12.7. The Balaban J connectivity index is 3.72. The van der Waals surface area contributed by atoms with Crippen molar-refractivity contribution in [2.45, 2.75) is 315 Å². The van der Waals surface area contributed by atoms with Crippen molar-refractivity contribution in [2.75, 3.05) is 26.4 Å². The van der Waals surface area contributed by atoms with Crippen LogP contribution in [0.25, 0.3) is 0 Å². The van der Waals surface area contributed by atoms with Crippen LogP contribution in [0, 0.1) is 0 Å². The first kappa shape index (κ1) is 67.5. The van der Waals surface area contributed by atoms with E-state index in [9.17, 15) is 19.0 Å². The number of nitrogens with two attached hydrogens (primary N) is 1. The van der Waals surface area contributed by atoms with E-state index in [-0.39, 0.29) is 38.6 Å². The zero-order valence-corrected chi connectivity index (χ0v) is 46.5. The summed E-state index contributed by atoms with van der Waals surface area (Å²) in [6.45, 7) is 3.73. The number of hydrogen-bond acceptors (Lipinski definition) is 8. The van der Waals surface area contributed by atoms with Crippen molar-refractivity contribution in [3.8, 4) is 0 Å². The highest BCUT2D eigenvalue weighted by molar-refractivity contribution is 7.47. The molecular weight excluding hydrogens is 882 g/mol. The summed E-state index contributed by atoms with van der Waals surface area (Å²) >= 11 is 0. The van der Waals surface area contributed by atoms with Crippen LogP contribution in [0.2, 0.25) is 0 Å². The summed E-state index contributed by atoms with van der Waals surface area (Å²) in [6, 6.07) is 0. The van der Waals surface area contributed by atoms with Gasteiger partial charge in [-0.1, -0.05) is 263 Å². The van der Waals surface area contributed by atoms with Crippen LogP contribution in [-0.2, 0) is 32.7 Å². The second-order valence-corrected chi connectivity index (χ2v) is 21.7. The molecule has 3 N–H and O–H groups in total. The van der Waals surface area contributed by atoms with Gasteiger partial charge in [0.2, 0.25) is 0 Å². The van der Waals surface area contributed by atoms with E-state index >= 15 is 0 Å². The number of esters is 2. The molecule has 0 aliphatic carbocycles. The standard InChI is InChI=1S/C59H114NO8P/c1-3-5-7-9-11-13-15-16-17-18-19-20-21-22-23-24-25-26-27-28-29-30-31-32-33-34-35-36-37-38-39-40-42-44-46-48-50-52-59(62)68-57(56-67-69(63,64)66-54-53-60)55-65-58(61)51-49-47-45-43-41-14-12-10-8-6-4-2/h10,12,18-19,57H,3-9,11,13-17,20-56,60H2,1-2H3,(H,63,64)/b12-10-,19-18-. The number of rotatable bonds is 57. The van der Waals surface area contributed by atoms with Crippen molar-refractivity contribution in [2.24, 2.45) is 5.73 Å². The van der Waals surface area contributed by atoms with E-state index < -0.39 is 26.5 Å². The molecule has 0 aromatic heterocycles. The van der Waals surface area contributed by atoms with Gasteiger partial charge >= 0.3 is 19.8 Å². The van der Waals surface area contributed by atoms with Crippen LogP contribution in [0.15, 0.2) is 24.3 Å². The van der Waals surface area contributed by atoms with Gasteiger partial charge in [0, 0.05) is 19.4 Å². The highest BCUT2D eigenvalue weighted by atomic mass is 31.2. The summed E-state index contributed by atoms with van der Waals surface area (Å²) in [5, 5.41) is 0. The Bertz CT molecular complexity index is 1180. The van der Waals surface area contributed by atoms with Gasteiger partial charge in [-0.3, -0.25) is 18.6 Å². The Hall–Kier alpha value is -1.51. The lowest BCUT2D eigenvalue weighted by Gasteiger charge is -2.19. The Labute approximate surface area is 427 Å². The van der Waals surface area contributed by atoms with Gasteiger partial charge in [0.15, 0.2) is 6.10 Å². The number of unbranched alkanes of at least 4 members (excludes halogenated alkanes) is 40. The lowest BCUT2D eigenvalue weighted by Crippen LogP contribution is -2.29. The fraction of sp³-hybridized carbons (Fsp3) is 0.898. The third-order valence-corrected chi connectivity index (χ3v) is 14.3. The molecule has 2 unspecified atom stereocenters. The largest absolute Gasteiger partial charge is 0.472 e. The normalized spacial score (nSPS) is 13.2. The number of carbonyl (C=O) groups is 2. The van der Waals surface area contributed by atoms with Crippen molar-refractivity contribution in [3.05, 3.63) is 24.3 Å². The Morgan fingerprint density at radius 1 is 0.420 bits per heavy atom. The first-order valence-electron chi connectivity index (χ1n) is 29.8. The van der Waals surface area contributed by atoms with Gasteiger partial charge in [-0.2, -0.15) is 0 Å². The molecule has 0 aliphatic rings. The minimum Gasteiger partial charge on any atom is -0.462 e. The maximum Gasteiger partial charge on any atom is 0.472 e. The zero-order valence-electron chi connectivity index (χ0n) is 45.6. The van der Waals surface area contributed by atoms with Gasteiger partial charge in [0.05, 0.1) is 13.2 Å². The van der Waals surface area contributed by atoms with Crippen LogP contribution in [0.1, 0.15) is 309 Å². The van der Waals surface area contributed by atoms with E-state index in [4.69, 9.17) is 24.3 Å². The molecule has 9 nitrogen and oxygen atoms in total. The van der Waals surface area contributed by atoms with Gasteiger partial charge in [-0.25, -0.2) is 4.57 Å². The topological polar surface area (TPSA) is 134 Å². The smallest absolute Gasteiger partial charge is 0.462 e. The zero-order chi connectivity index (χ0) is 50.2. The average Bonchev–Trinajstić information content (AvgIpc) is 3.34. The monoisotopic (exact) mass is 996 g/mol. The van der Waals surface area contributed by atoms with Gasteiger partial charge in [0.1, 0.15) is 6.61 Å². The molecule has 0 amide bonds. The summed E-state index contributed by atoms with van der Waals surface area (Å²) in [5.41, 5.74) is 5.37. The molecule has 0 rings (SSSR count). The van der Waals surface area contributed by atoms with Gasteiger partial charge < -0.3 is 20.1 Å². The first-order chi connectivity index (χ1) is 33.8. The number of ether oxygens (including phenoxy) is 2. The van der Waals surface area contributed by atoms with E-state index in [1.807, 2.05) is 0 Å². The second-order valence-electron chi connectivity index (χ2n) is 20.2. The molecule has 408 valence electrons. The summed E-state index contributed by atoms with van der Waals surface area (Å²) in [5.74, 6) is -0.826. The highest BCUT2D eigenvalue weighted by Crippen LogP contribution is 2.43. The Morgan fingerprint density at radius 3 is 1.07 bits per heavy atom.